The van der Waals surface area contributed by atoms with Gasteiger partial charge in [-0.15, -0.1) is 0 Å². The molecule has 534 valence electrons. The molecule has 4 amide bonds. The fraction of sp³-hybridized carbons (Fsp3) is 0.667. The van der Waals surface area contributed by atoms with Gasteiger partial charge in [0.1, 0.15) is 60.3 Å². The van der Waals surface area contributed by atoms with Gasteiger partial charge in [-0.25, -0.2) is 36.7 Å². The number of ether oxygens (including phenoxy) is 4. The molecule has 0 radical (unpaired) electrons. The van der Waals surface area contributed by atoms with Crippen LogP contribution in [0.2, 0.25) is 0 Å². The Bertz CT molecular complexity index is 3630. The molecule has 8 fully saturated rings. The van der Waals surface area contributed by atoms with Crippen molar-refractivity contribution in [1.82, 2.24) is 55.0 Å². The van der Waals surface area contributed by atoms with Gasteiger partial charge in [0.2, 0.25) is 11.8 Å². The molecule has 3 aromatic rings. The van der Waals surface area contributed by atoms with E-state index in [1.807, 2.05) is 43.7 Å². The van der Waals surface area contributed by atoms with Crippen molar-refractivity contribution in [1.29, 1.82) is 0 Å². The number of alkyl halides is 2. The molecular weight excluding hydrogens is 1270 g/mol. The second kappa shape index (κ2) is 28.8. The third kappa shape index (κ3) is 13.3. The first-order valence-corrected chi connectivity index (χ1v) is 35.8. The average molecular weight is 1370 g/mol. The third-order valence-corrected chi connectivity index (χ3v) is 22.7. The molecule has 16 unspecified atom stereocenters. The quantitative estimate of drug-likeness (QED) is 0.0902. The zero-order valence-corrected chi connectivity index (χ0v) is 57.4. The molecule has 10 heterocycles. The zero-order valence-electron chi connectivity index (χ0n) is 57.4. The summed E-state index contributed by atoms with van der Waals surface area (Å²) < 4.78 is 98.3. The van der Waals surface area contributed by atoms with Crippen LogP contribution in [-0.4, -0.2) is 237 Å². The molecule has 2 aliphatic carbocycles. The molecule has 2 aromatic heterocycles. The highest BCUT2D eigenvalue weighted by atomic mass is 19.1. The fourth-order valence-electron chi connectivity index (χ4n) is 17.8. The number of anilines is 1. The van der Waals surface area contributed by atoms with Crippen LogP contribution in [-0.2, 0) is 30.2 Å². The second-order valence-electron chi connectivity index (χ2n) is 29.6. The summed E-state index contributed by atoms with van der Waals surface area (Å²) in [5.41, 5.74) is -0.617. The number of halogens is 4. The van der Waals surface area contributed by atoms with Crippen LogP contribution in [0.4, 0.5) is 28.2 Å². The Morgan fingerprint density at radius 2 is 1.61 bits per heavy atom. The van der Waals surface area contributed by atoms with Crippen LogP contribution in [0, 0.1) is 47.1 Å². The molecule has 0 spiro atoms. The Morgan fingerprint density at radius 1 is 0.867 bits per heavy atom. The molecule has 22 nitrogen and oxygen atoms in total. The predicted molar refractivity (Wildman–Crippen MR) is 361 cm³/mol. The fourth-order valence-corrected chi connectivity index (χ4v) is 17.8. The molecule has 1 aromatic carbocycles. The Hall–Kier alpha value is -6.52. The SMILES string of the molecule is C=CC(=O)N1CCN(c2nc(=O)n3c4nc(c(F)cc24)-c2c(F)cc(CC(C)C4NCCC5C(OCC6CC6)C(O)COC6CCCC(F)C6C6NC7C(CC6F)C(N6CCN(C(=O)C=C)C[C@@H]6C)NC(=O)N7C54)cc2OCC(OCC)C(O)C2=C3[C@@H](C)N(CC(C)C)C=C2)[C@@H](C)C1. The molecule has 6 saturated heterocycles. The van der Waals surface area contributed by atoms with Gasteiger partial charge >= 0.3 is 11.7 Å². The van der Waals surface area contributed by atoms with Crippen LogP contribution in [0.25, 0.3) is 28.0 Å². The van der Waals surface area contributed by atoms with Crippen molar-refractivity contribution in [2.24, 2.45) is 35.5 Å². The van der Waals surface area contributed by atoms with Crippen molar-refractivity contribution in [3.63, 3.8) is 0 Å². The lowest BCUT2D eigenvalue weighted by molar-refractivity contribution is -0.168. The molecule has 26 heteroatoms. The van der Waals surface area contributed by atoms with Gasteiger partial charge in [0.05, 0.1) is 59.9 Å². The maximum Gasteiger partial charge on any atom is 0.355 e. The number of nitrogens with one attached hydrogen (secondary N) is 3. The number of aliphatic hydroxyl groups is 2. The van der Waals surface area contributed by atoms with Gasteiger partial charge in [0, 0.05) is 113 Å². The number of carbonyl (C=O) groups excluding carboxylic acids is 3. The number of aromatic nitrogens is 3. The number of nitrogens with zero attached hydrogens (tertiary/aromatic N) is 9. The number of piperidine rings is 2. The van der Waals surface area contributed by atoms with Crippen molar-refractivity contribution in [2.45, 2.75) is 191 Å². The maximum absolute atomic E-state index is 18.2. The monoisotopic (exact) mass is 1370 g/mol. The van der Waals surface area contributed by atoms with E-state index >= 15 is 27.2 Å². The number of piperazine rings is 2. The minimum absolute atomic E-state index is 0.0343. The van der Waals surface area contributed by atoms with Gasteiger partial charge in [-0.3, -0.25) is 19.8 Å². The van der Waals surface area contributed by atoms with E-state index in [1.54, 1.807) is 33.8 Å². The summed E-state index contributed by atoms with van der Waals surface area (Å²) in [6, 6.07) is -0.0906. The van der Waals surface area contributed by atoms with E-state index in [2.05, 4.69) is 52.8 Å². The first-order valence-electron chi connectivity index (χ1n) is 35.8. The van der Waals surface area contributed by atoms with Crippen molar-refractivity contribution in [3.8, 4) is 17.0 Å². The van der Waals surface area contributed by atoms with Crippen molar-refractivity contribution < 1.29 is 61.1 Å². The summed E-state index contributed by atoms with van der Waals surface area (Å²) in [5.74, 6) is -4.51. The number of benzene rings is 1. The Kier molecular flexibility index (Phi) is 20.6. The summed E-state index contributed by atoms with van der Waals surface area (Å²) in [6.07, 6.45) is -0.239. The summed E-state index contributed by atoms with van der Waals surface area (Å²) >= 11 is 0. The molecule has 4 bridgehead atoms. The predicted octanol–water partition coefficient (Wildman–Crippen LogP) is 6.13. The van der Waals surface area contributed by atoms with E-state index in [4.69, 9.17) is 23.9 Å². The van der Waals surface area contributed by atoms with Crippen molar-refractivity contribution in [2.75, 3.05) is 83.7 Å². The summed E-state index contributed by atoms with van der Waals surface area (Å²) in [5, 5.41) is 36.3. The topological polar surface area (TPSA) is 232 Å². The molecule has 2 saturated carbocycles. The standard InChI is InChI=1S/C72H98F4N12O10/c1-10-56(90)83-22-24-85(39(7)32-83)67-46-29-51(76)62-59-49(74)27-43(28-54(59)97-36-55(95-12-3)65(92)44-19-21-82(31-37(4)5)41(9)63(44)87(69(46)79-62)71(93)80-67)26-38(6)60-64-45(18-20-77-60)66(98-34-42-16-17-42)52(89)35-96-53-15-13-14-48(73)58(53)61-50(75)30-47-68(81-72(94)88(64)70(47)78-61)86-25-23-84(33-40(86)8)57(91)11-2/h10-11,19,21,27-29,37-42,45,47-48,50,52-53,55,58,60-61,64-66,68,70,77-78,89,92H,1-2,12-18,20,22-26,30-36H2,3-9H3,(H,81,94)/t38?,39-,40-,41+,45?,47?,48?,50?,52?,53?,55?,58?,60?,61?,64?,65?,66?,68?,70?/m0/s1. The van der Waals surface area contributed by atoms with E-state index < -0.39 is 138 Å². The van der Waals surface area contributed by atoms with Crippen molar-refractivity contribution in [3.05, 3.63) is 89.0 Å². The van der Waals surface area contributed by atoms with Gasteiger partial charge in [-0.2, -0.15) is 4.98 Å². The molecule has 5 N–H and O–H groups in total. The number of fused-ring (bicyclic) bond motifs is 9. The molecule has 19 atom stereocenters. The van der Waals surface area contributed by atoms with Crippen molar-refractivity contribution >= 4 is 40.4 Å². The van der Waals surface area contributed by atoms with E-state index in [0.717, 1.165) is 12.8 Å². The van der Waals surface area contributed by atoms with Gasteiger partial charge in [-0.1, -0.05) is 33.9 Å². The molecule has 13 rings (SSSR count). The van der Waals surface area contributed by atoms with Crippen LogP contribution in [0.3, 0.4) is 0 Å². The first-order chi connectivity index (χ1) is 47.1. The van der Waals surface area contributed by atoms with E-state index in [0.29, 0.717) is 75.4 Å². The molecular formula is C72H98F4N12O10. The van der Waals surface area contributed by atoms with Gasteiger partial charge in [0.25, 0.3) is 0 Å². The number of hydrogen-bond donors (Lipinski definition) is 5. The molecule has 8 aliphatic heterocycles. The van der Waals surface area contributed by atoms with Crippen LogP contribution >= 0.6 is 0 Å². The highest BCUT2D eigenvalue weighted by Crippen LogP contribution is 2.47. The summed E-state index contributed by atoms with van der Waals surface area (Å²) in [4.78, 5) is 77.7. The number of rotatable bonds is 14. The number of aliphatic hydroxyl groups excluding tert-OH is 2. The highest BCUT2D eigenvalue weighted by molar-refractivity contribution is 5.93. The number of hydrogen-bond acceptors (Lipinski definition) is 17. The normalized spacial score (nSPS) is 34.2. The highest BCUT2D eigenvalue weighted by Gasteiger charge is 2.60. The van der Waals surface area contributed by atoms with E-state index in [1.165, 1.54) is 28.9 Å². The first kappa shape index (κ1) is 69.9. The van der Waals surface area contributed by atoms with Crippen LogP contribution < -0.4 is 31.3 Å². The van der Waals surface area contributed by atoms with Gasteiger partial charge in [-0.05, 0) is 145 Å². The number of amides is 4. The Labute approximate surface area is 570 Å². The molecule has 10 aliphatic rings. The zero-order chi connectivity index (χ0) is 69.3. The largest absolute Gasteiger partial charge is 0.490 e. The molecule has 98 heavy (non-hydrogen) atoms. The van der Waals surface area contributed by atoms with E-state index in [-0.39, 0.29) is 117 Å². The lowest BCUT2D eigenvalue weighted by atomic mass is 9.71. The number of carbonyl (C=O) groups is 3. The van der Waals surface area contributed by atoms with Crippen LogP contribution in [0.5, 0.6) is 5.75 Å². The number of urea groups is 1. The van der Waals surface area contributed by atoms with E-state index in [9.17, 15) is 19.8 Å². The summed E-state index contributed by atoms with van der Waals surface area (Å²) in [6.45, 7) is 23.6. The maximum atomic E-state index is 18.2. The summed E-state index contributed by atoms with van der Waals surface area (Å²) in [7, 11) is 0. The average Bonchev–Trinajstić information content (AvgIpc) is 0.794. The second-order valence-corrected chi connectivity index (χ2v) is 29.6. The lowest BCUT2D eigenvalue weighted by Crippen LogP contribution is -2.80. The minimum atomic E-state index is -1.56. The van der Waals surface area contributed by atoms with Crippen LogP contribution in [0.15, 0.2) is 66.2 Å². The third-order valence-electron chi connectivity index (χ3n) is 22.7. The van der Waals surface area contributed by atoms with Gasteiger partial charge in [0.15, 0.2) is 11.5 Å². The minimum Gasteiger partial charge on any atom is -0.490 e. The van der Waals surface area contributed by atoms with Gasteiger partial charge < -0.3 is 64.3 Å². The van der Waals surface area contributed by atoms with Crippen LogP contribution in [0.1, 0.15) is 99.0 Å². The number of pyridine rings is 1. The Morgan fingerprint density at radius 3 is 2.32 bits per heavy atom. The smallest absolute Gasteiger partial charge is 0.355 e. The lowest BCUT2D eigenvalue weighted by Gasteiger charge is -2.61. The Balaban J connectivity index is 0.918.